The monoisotopic (exact) mass is 382 g/mol. The first kappa shape index (κ1) is 17.8. The molecule has 1 aliphatic rings. The van der Waals surface area contributed by atoms with E-state index in [2.05, 4.69) is 28.2 Å². The van der Waals surface area contributed by atoms with Crippen molar-refractivity contribution in [3.8, 4) is 0 Å². The van der Waals surface area contributed by atoms with E-state index in [0.29, 0.717) is 13.0 Å². The number of alkyl carbamates (subject to hydrolysis) is 1. The van der Waals surface area contributed by atoms with Gasteiger partial charge in [0.05, 0.1) is 0 Å². The molecule has 5 nitrogen and oxygen atoms in total. The Morgan fingerprint density at radius 2 is 1.91 bits per heavy atom. The van der Waals surface area contributed by atoms with Crippen molar-refractivity contribution in [2.45, 2.75) is 45.8 Å². The van der Waals surface area contributed by atoms with Crippen LogP contribution in [0, 0.1) is 5.92 Å². The zero-order valence-corrected chi connectivity index (χ0v) is 15.5. The van der Waals surface area contributed by atoms with E-state index in [-0.39, 0.29) is 11.8 Å². The Kier molecular flexibility index (Phi) is 5.34. The van der Waals surface area contributed by atoms with Crippen LogP contribution in [-0.2, 0) is 9.53 Å². The van der Waals surface area contributed by atoms with Crippen LogP contribution in [-0.4, -0.2) is 30.2 Å². The van der Waals surface area contributed by atoms with Gasteiger partial charge in [-0.2, -0.15) is 0 Å². The molecule has 1 heterocycles. The van der Waals surface area contributed by atoms with Gasteiger partial charge in [0.25, 0.3) is 0 Å². The topological polar surface area (TPSA) is 58.6 Å². The zero-order chi connectivity index (χ0) is 17.2. The van der Waals surface area contributed by atoms with E-state index in [0.717, 1.165) is 10.2 Å². The maximum Gasteiger partial charge on any atom is 0.408 e. The van der Waals surface area contributed by atoms with Crippen molar-refractivity contribution in [1.29, 1.82) is 0 Å². The molecule has 1 aromatic rings. The lowest BCUT2D eigenvalue weighted by atomic mass is 9.94. The summed E-state index contributed by atoms with van der Waals surface area (Å²) >= 11 is 3.39. The minimum absolute atomic E-state index is 0.101. The number of anilines is 1. The number of carbonyl (C=O) groups is 2. The fraction of sp³-hybridized carbons (Fsp3) is 0.529. The van der Waals surface area contributed by atoms with Crippen LogP contribution in [0.15, 0.2) is 28.7 Å². The number of carbonyl (C=O) groups excluding carboxylic acids is 2. The van der Waals surface area contributed by atoms with E-state index in [9.17, 15) is 9.59 Å². The molecular weight excluding hydrogens is 360 g/mol. The SMILES string of the molecule is C[C@@H]1C[C@@H](NC(=O)OC(C)(C)C)C(=O)N(c2ccc(Br)cc2)C1. The molecule has 23 heavy (non-hydrogen) atoms. The Morgan fingerprint density at radius 1 is 1.30 bits per heavy atom. The fourth-order valence-corrected chi connectivity index (χ4v) is 2.86. The highest BCUT2D eigenvalue weighted by molar-refractivity contribution is 9.10. The van der Waals surface area contributed by atoms with Crippen LogP contribution < -0.4 is 10.2 Å². The van der Waals surface area contributed by atoms with Gasteiger partial charge in [-0.15, -0.1) is 0 Å². The van der Waals surface area contributed by atoms with Crippen LogP contribution in [0.1, 0.15) is 34.1 Å². The molecule has 0 unspecified atom stereocenters. The smallest absolute Gasteiger partial charge is 0.408 e. The fourth-order valence-electron chi connectivity index (χ4n) is 2.59. The third kappa shape index (κ3) is 4.96. The van der Waals surface area contributed by atoms with Gasteiger partial charge in [-0.05, 0) is 57.4 Å². The third-order valence-corrected chi connectivity index (χ3v) is 4.05. The summed E-state index contributed by atoms with van der Waals surface area (Å²) in [7, 11) is 0. The van der Waals surface area contributed by atoms with Crippen molar-refractivity contribution >= 4 is 33.6 Å². The van der Waals surface area contributed by atoms with Gasteiger partial charge >= 0.3 is 6.09 Å². The number of rotatable bonds is 2. The highest BCUT2D eigenvalue weighted by Crippen LogP contribution is 2.26. The quantitative estimate of drug-likeness (QED) is 0.847. The molecule has 1 N–H and O–H groups in total. The first-order valence-electron chi connectivity index (χ1n) is 7.72. The zero-order valence-electron chi connectivity index (χ0n) is 13.9. The Bertz CT molecular complexity index is 580. The molecular formula is C17H23BrN2O3. The molecule has 0 spiro atoms. The maximum absolute atomic E-state index is 12.7. The standard InChI is InChI=1S/C17H23BrN2O3/c1-11-9-14(19-16(22)23-17(2,3)4)15(21)20(10-11)13-7-5-12(18)6-8-13/h5-8,11,14H,9-10H2,1-4H3,(H,19,22)/t11-,14-/m1/s1. The normalized spacial score (nSPS) is 22.0. The van der Waals surface area contributed by atoms with Crippen LogP contribution in [0.5, 0.6) is 0 Å². The number of nitrogens with one attached hydrogen (secondary N) is 1. The van der Waals surface area contributed by atoms with Crippen LogP contribution >= 0.6 is 15.9 Å². The predicted molar refractivity (Wildman–Crippen MR) is 93.4 cm³/mol. The van der Waals surface area contributed by atoms with Gasteiger partial charge in [0.15, 0.2) is 0 Å². The van der Waals surface area contributed by atoms with Gasteiger partial charge in [-0.1, -0.05) is 22.9 Å². The Morgan fingerprint density at radius 3 is 2.48 bits per heavy atom. The van der Waals surface area contributed by atoms with Crippen molar-refractivity contribution in [1.82, 2.24) is 5.32 Å². The molecule has 1 fully saturated rings. The summed E-state index contributed by atoms with van der Waals surface area (Å²) in [5.74, 6) is 0.188. The van der Waals surface area contributed by atoms with Gasteiger partial charge in [0.1, 0.15) is 11.6 Å². The van der Waals surface area contributed by atoms with Crippen LogP contribution in [0.25, 0.3) is 0 Å². The molecule has 0 radical (unpaired) electrons. The number of amides is 2. The van der Waals surface area contributed by atoms with E-state index in [4.69, 9.17) is 4.74 Å². The summed E-state index contributed by atoms with van der Waals surface area (Å²) in [5, 5.41) is 2.71. The lowest BCUT2D eigenvalue weighted by Crippen LogP contribution is -2.55. The third-order valence-electron chi connectivity index (χ3n) is 3.53. The summed E-state index contributed by atoms with van der Waals surface area (Å²) in [6.07, 6.45) is 0.0613. The van der Waals surface area contributed by atoms with Crippen molar-refractivity contribution in [2.24, 2.45) is 5.92 Å². The second kappa shape index (κ2) is 6.91. The summed E-state index contributed by atoms with van der Waals surface area (Å²) in [6.45, 7) is 8.11. The second-order valence-electron chi connectivity index (χ2n) is 6.96. The molecule has 2 amide bonds. The summed E-state index contributed by atoms with van der Waals surface area (Å²) < 4.78 is 6.21. The average Bonchev–Trinajstić information content (AvgIpc) is 2.41. The van der Waals surface area contributed by atoms with Crippen molar-refractivity contribution in [3.05, 3.63) is 28.7 Å². The van der Waals surface area contributed by atoms with Crippen LogP contribution in [0.3, 0.4) is 0 Å². The molecule has 0 saturated carbocycles. The van der Waals surface area contributed by atoms with Gasteiger partial charge < -0.3 is 15.0 Å². The lowest BCUT2D eigenvalue weighted by Gasteiger charge is -2.36. The van der Waals surface area contributed by atoms with Gasteiger partial charge in [0.2, 0.25) is 5.91 Å². The molecule has 2 rings (SSSR count). The first-order valence-corrected chi connectivity index (χ1v) is 8.51. The van der Waals surface area contributed by atoms with E-state index >= 15 is 0 Å². The highest BCUT2D eigenvalue weighted by Gasteiger charge is 2.35. The lowest BCUT2D eigenvalue weighted by molar-refractivity contribution is -0.122. The molecule has 0 aromatic heterocycles. The largest absolute Gasteiger partial charge is 0.444 e. The first-order chi connectivity index (χ1) is 10.7. The van der Waals surface area contributed by atoms with E-state index < -0.39 is 17.7 Å². The molecule has 2 atom stereocenters. The molecule has 1 saturated heterocycles. The van der Waals surface area contributed by atoms with E-state index in [1.807, 2.05) is 24.3 Å². The number of benzene rings is 1. The summed E-state index contributed by atoms with van der Waals surface area (Å²) in [6, 6.07) is 7.03. The van der Waals surface area contributed by atoms with Gasteiger partial charge in [0, 0.05) is 16.7 Å². The molecule has 0 bridgehead atoms. The highest BCUT2D eigenvalue weighted by atomic mass is 79.9. The van der Waals surface area contributed by atoms with Crippen molar-refractivity contribution in [3.63, 3.8) is 0 Å². The van der Waals surface area contributed by atoms with Gasteiger partial charge in [-0.25, -0.2) is 4.79 Å². The molecule has 0 aliphatic carbocycles. The minimum Gasteiger partial charge on any atom is -0.444 e. The number of hydrogen-bond donors (Lipinski definition) is 1. The van der Waals surface area contributed by atoms with Crippen molar-refractivity contribution < 1.29 is 14.3 Å². The summed E-state index contributed by atoms with van der Waals surface area (Å²) in [4.78, 5) is 26.4. The summed E-state index contributed by atoms with van der Waals surface area (Å²) in [5.41, 5.74) is 0.250. The molecule has 126 valence electrons. The van der Waals surface area contributed by atoms with Crippen LogP contribution in [0.4, 0.5) is 10.5 Å². The molecule has 6 heteroatoms. The Balaban J connectivity index is 2.11. The van der Waals surface area contributed by atoms with E-state index in [1.165, 1.54) is 0 Å². The second-order valence-corrected chi connectivity index (χ2v) is 7.88. The predicted octanol–water partition coefficient (Wildman–Crippen LogP) is 3.72. The number of ether oxygens (including phenoxy) is 1. The number of halogens is 1. The van der Waals surface area contributed by atoms with E-state index in [1.54, 1.807) is 25.7 Å². The molecule has 1 aliphatic heterocycles. The van der Waals surface area contributed by atoms with Gasteiger partial charge in [-0.3, -0.25) is 4.79 Å². The van der Waals surface area contributed by atoms with Crippen molar-refractivity contribution in [2.75, 3.05) is 11.4 Å². The maximum atomic E-state index is 12.7. The Labute approximate surface area is 145 Å². The minimum atomic E-state index is -0.585. The van der Waals surface area contributed by atoms with Crippen LogP contribution in [0.2, 0.25) is 0 Å². The Hall–Kier alpha value is -1.56. The number of hydrogen-bond acceptors (Lipinski definition) is 3. The number of piperidine rings is 1. The molecule has 1 aromatic carbocycles. The number of nitrogens with zero attached hydrogens (tertiary/aromatic N) is 1. The average molecular weight is 383 g/mol.